The summed E-state index contributed by atoms with van der Waals surface area (Å²) in [5.74, 6) is 0.793. The predicted octanol–water partition coefficient (Wildman–Crippen LogP) is 2.27. The summed E-state index contributed by atoms with van der Waals surface area (Å²) in [6, 6.07) is 7.12. The van der Waals surface area contributed by atoms with E-state index in [1.165, 1.54) is 0 Å². The lowest BCUT2D eigenvalue weighted by Crippen LogP contribution is -2.42. The number of alkyl carbamates (subject to hydrolysis) is 1. The van der Waals surface area contributed by atoms with Crippen LogP contribution in [0.5, 0.6) is 5.75 Å². The number of hydrogen-bond donors (Lipinski definition) is 3. The summed E-state index contributed by atoms with van der Waals surface area (Å²) in [6.45, 7) is 5.36. The normalized spacial score (nSPS) is 13.3. The summed E-state index contributed by atoms with van der Waals surface area (Å²) in [5, 5.41) is 14.5. The molecular formula is C16H25N3O4. The molecule has 7 nitrogen and oxygen atoms in total. The first kappa shape index (κ1) is 18.6. The first-order chi connectivity index (χ1) is 10.7. The summed E-state index contributed by atoms with van der Waals surface area (Å²) >= 11 is 0. The number of carbonyl (C=O) groups excluding carboxylic acids is 1. The Kier molecular flexibility index (Phi) is 6.68. The summed E-state index contributed by atoms with van der Waals surface area (Å²) < 4.78 is 10.4. The Morgan fingerprint density at radius 2 is 1.96 bits per heavy atom. The van der Waals surface area contributed by atoms with Crippen LogP contribution in [0.25, 0.3) is 0 Å². The highest BCUT2D eigenvalue weighted by Crippen LogP contribution is 2.14. The lowest BCUT2D eigenvalue weighted by Gasteiger charge is -2.23. The second-order valence-corrected chi connectivity index (χ2v) is 6.19. The highest BCUT2D eigenvalue weighted by Gasteiger charge is 2.20. The molecule has 0 spiro atoms. The van der Waals surface area contributed by atoms with Gasteiger partial charge in [-0.15, -0.1) is 0 Å². The van der Waals surface area contributed by atoms with Gasteiger partial charge in [-0.05, 0) is 44.9 Å². The van der Waals surface area contributed by atoms with E-state index in [0.29, 0.717) is 6.42 Å². The van der Waals surface area contributed by atoms with Crippen LogP contribution in [0.3, 0.4) is 0 Å². The van der Waals surface area contributed by atoms with E-state index in [1.54, 1.807) is 27.9 Å². The number of methoxy groups -OCH3 is 1. The number of nitrogens with two attached hydrogens (primary N) is 1. The van der Waals surface area contributed by atoms with E-state index in [0.717, 1.165) is 11.3 Å². The van der Waals surface area contributed by atoms with Crippen molar-refractivity contribution in [3.05, 3.63) is 29.8 Å². The fourth-order valence-corrected chi connectivity index (χ4v) is 1.99. The molecule has 1 aromatic rings. The molecule has 1 aromatic carbocycles. The number of nitrogens with one attached hydrogen (secondary N) is 1. The van der Waals surface area contributed by atoms with Crippen LogP contribution in [-0.4, -0.2) is 35.9 Å². The molecule has 1 atom stereocenters. The van der Waals surface area contributed by atoms with Crippen LogP contribution < -0.4 is 15.8 Å². The lowest BCUT2D eigenvalue weighted by molar-refractivity contribution is 0.0505. The van der Waals surface area contributed by atoms with Gasteiger partial charge >= 0.3 is 6.09 Å². The van der Waals surface area contributed by atoms with Crippen LogP contribution >= 0.6 is 0 Å². The van der Waals surface area contributed by atoms with Crippen molar-refractivity contribution >= 4 is 11.9 Å². The van der Waals surface area contributed by atoms with Crippen LogP contribution in [0, 0.1) is 0 Å². The minimum Gasteiger partial charge on any atom is -0.497 e. The van der Waals surface area contributed by atoms with E-state index in [4.69, 9.17) is 20.4 Å². The number of carbonyl (C=O) groups is 1. The molecule has 128 valence electrons. The molecule has 0 aromatic heterocycles. The topological polar surface area (TPSA) is 106 Å². The third-order valence-electron chi connectivity index (χ3n) is 2.95. The Bertz CT molecular complexity index is 535. The quantitative estimate of drug-likeness (QED) is 0.322. The Morgan fingerprint density at radius 1 is 1.35 bits per heavy atom. The third kappa shape index (κ3) is 7.39. The van der Waals surface area contributed by atoms with Gasteiger partial charge in [0.2, 0.25) is 0 Å². The van der Waals surface area contributed by atoms with Crippen LogP contribution in [-0.2, 0) is 11.2 Å². The summed E-state index contributed by atoms with van der Waals surface area (Å²) in [6.07, 6.45) is 0.183. The van der Waals surface area contributed by atoms with E-state index >= 15 is 0 Å². The smallest absolute Gasteiger partial charge is 0.407 e. The average molecular weight is 323 g/mol. The molecule has 0 aliphatic carbocycles. The highest BCUT2D eigenvalue weighted by molar-refractivity contribution is 5.81. The van der Waals surface area contributed by atoms with Gasteiger partial charge in [0.15, 0.2) is 0 Å². The molecule has 1 amide bonds. The molecule has 23 heavy (non-hydrogen) atoms. The molecule has 0 fully saturated rings. The first-order valence-corrected chi connectivity index (χ1v) is 7.32. The van der Waals surface area contributed by atoms with Gasteiger partial charge in [0.1, 0.15) is 17.2 Å². The second kappa shape index (κ2) is 8.26. The van der Waals surface area contributed by atoms with E-state index in [2.05, 4.69) is 10.5 Å². The Balaban J connectivity index is 2.76. The van der Waals surface area contributed by atoms with Crippen molar-refractivity contribution in [2.45, 2.75) is 45.3 Å². The van der Waals surface area contributed by atoms with Gasteiger partial charge in [0.05, 0.1) is 7.11 Å². The highest BCUT2D eigenvalue weighted by atomic mass is 16.6. The Labute approximate surface area is 136 Å². The summed E-state index contributed by atoms with van der Waals surface area (Å²) in [5.41, 5.74) is 5.96. The van der Waals surface area contributed by atoms with Crippen molar-refractivity contribution in [3.63, 3.8) is 0 Å². The molecule has 0 saturated carbocycles. The number of amides is 1. The first-order valence-electron chi connectivity index (χ1n) is 7.32. The molecule has 0 saturated heterocycles. The maximum atomic E-state index is 11.9. The molecule has 1 unspecified atom stereocenters. The molecule has 0 radical (unpaired) electrons. The Morgan fingerprint density at radius 3 is 2.43 bits per heavy atom. The lowest BCUT2D eigenvalue weighted by atomic mass is 10.0. The van der Waals surface area contributed by atoms with Crippen molar-refractivity contribution in [3.8, 4) is 5.75 Å². The standard InChI is InChI=1S/C16H25N3O4/c1-16(2,3)23-15(20)18-12(10-14(17)19-21)9-11-5-7-13(22-4)8-6-11/h5-8,12,21H,9-10H2,1-4H3,(H2,17,19)(H,18,20). The van der Waals surface area contributed by atoms with Gasteiger partial charge in [0, 0.05) is 12.5 Å². The SMILES string of the molecule is COc1ccc(CC(C/C(N)=N/O)NC(=O)OC(C)(C)C)cc1. The predicted molar refractivity (Wildman–Crippen MR) is 87.9 cm³/mol. The molecule has 7 heteroatoms. The zero-order valence-corrected chi connectivity index (χ0v) is 14.0. The monoisotopic (exact) mass is 323 g/mol. The van der Waals surface area contributed by atoms with E-state index in [-0.39, 0.29) is 18.3 Å². The fourth-order valence-electron chi connectivity index (χ4n) is 1.99. The number of rotatable bonds is 6. The third-order valence-corrected chi connectivity index (χ3v) is 2.95. The van der Waals surface area contributed by atoms with Crippen molar-refractivity contribution < 1.29 is 19.5 Å². The zero-order chi connectivity index (χ0) is 17.5. The van der Waals surface area contributed by atoms with Crippen molar-refractivity contribution in [2.24, 2.45) is 10.9 Å². The maximum Gasteiger partial charge on any atom is 0.407 e. The van der Waals surface area contributed by atoms with Gasteiger partial charge < -0.3 is 25.7 Å². The summed E-state index contributed by atoms with van der Waals surface area (Å²) in [7, 11) is 1.60. The van der Waals surface area contributed by atoms with Gasteiger partial charge in [-0.2, -0.15) is 0 Å². The van der Waals surface area contributed by atoms with Crippen LogP contribution in [0.15, 0.2) is 29.4 Å². The van der Waals surface area contributed by atoms with Gasteiger partial charge in [-0.3, -0.25) is 0 Å². The summed E-state index contributed by atoms with van der Waals surface area (Å²) in [4.78, 5) is 11.9. The van der Waals surface area contributed by atoms with Crippen LogP contribution in [0.1, 0.15) is 32.8 Å². The fraction of sp³-hybridized carbons (Fsp3) is 0.500. The number of benzene rings is 1. The van der Waals surface area contributed by atoms with Gasteiger partial charge in [-0.25, -0.2) is 4.79 Å². The molecule has 0 heterocycles. The van der Waals surface area contributed by atoms with Crippen molar-refractivity contribution in [2.75, 3.05) is 7.11 Å². The largest absolute Gasteiger partial charge is 0.497 e. The number of oxime groups is 1. The molecule has 0 bridgehead atoms. The number of nitrogens with zero attached hydrogens (tertiary/aromatic N) is 1. The van der Waals surface area contributed by atoms with E-state index < -0.39 is 11.7 Å². The molecule has 1 rings (SSSR count). The van der Waals surface area contributed by atoms with E-state index in [9.17, 15) is 4.79 Å². The average Bonchev–Trinajstić information content (AvgIpc) is 2.45. The van der Waals surface area contributed by atoms with Crippen molar-refractivity contribution in [1.29, 1.82) is 0 Å². The minimum absolute atomic E-state index is 0.0413. The molecular weight excluding hydrogens is 298 g/mol. The van der Waals surface area contributed by atoms with Gasteiger partial charge in [-0.1, -0.05) is 17.3 Å². The van der Waals surface area contributed by atoms with Crippen LogP contribution in [0.2, 0.25) is 0 Å². The number of hydrogen-bond acceptors (Lipinski definition) is 5. The van der Waals surface area contributed by atoms with E-state index in [1.807, 2.05) is 24.3 Å². The Hall–Kier alpha value is -2.44. The van der Waals surface area contributed by atoms with Gasteiger partial charge in [0.25, 0.3) is 0 Å². The van der Waals surface area contributed by atoms with Crippen molar-refractivity contribution in [1.82, 2.24) is 5.32 Å². The molecule has 0 aliphatic rings. The van der Waals surface area contributed by atoms with Crippen LogP contribution in [0.4, 0.5) is 4.79 Å². The molecule has 4 N–H and O–H groups in total. The number of ether oxygens (including phenoxy) is 2. The maximum absolute atomic E-state index is 11.9. The second-order valence-electron chi connectivity index (χ2n) is 6.19. The minimum atomic E-state index is -0.592. The zero-order valence-electron chi connectivity index (χ0n) is 14.0. The number of amidine groups is 1. The molecule has 0 aliphatic heterocycles.